The van der Waals surface area contributed by atoms with Crippen molar-refractivity contribution in [3.8, 4) is 0 Å². The molecule has 0 radical (unpaired) electrons. The predicted octanol–water partition coefficient (Wildman–Crippen LogP) is 4.33. The third-order valence-corrected chi connectivity index (χ3v) is 7.47. The van der Waals surface area contributed by atoms with Gasteiger partial charge in [-0.1, -0.05) is 25.4 Å². The first kappa shape index (κ1) is 21.6. The zero-order chi connectivity index (χ0) is 21.3. The van der Waals surface area contributed by atoms with Crippen LogP contribution in [0.1, 0.15) is 57.6 Å². The number of hydrogen-bond donors (Lipinski definition) is 2. The monoisotopic (exact) mass is 433 g/mol. The minimum Gasteiger partial charge on any atom is -0.388 e. The van der Waals surface area contributed by atoms with Crippen molar-refractivity contribution in [1.82, 2.24) is 15.1 Å². The number of carbonyl (C=O) groups excluding carboxylic acids is 1. The summed E-state index contributed by atoms with van der Waals surface area (Å²) in [7, 11) is 0. The van der Waals surface area contributed by atoms with Crippen molar-refractivity contribution >= 4 is 28.4 Å². The topological polar surface area (TPSA) is 78.5 Å². The number of amides is 1. The summed E-state index contributed by atoms with van der Waals surface area (Å²) in [4.78, 5) is 14.8. The van der Waals surface area contributed by atoms with E-state index in [1.807, 2.05) is 17.0 Å². The zero-order valence-corrected chi connectivity index (χ0v) is 18.6. The maximum absolute atomic E-state index is 12.7. The Morgan fingerprint density at radius 1 is 1.30 bits per heavy atom. The average Bonchev–Trinajstić information content (AvgIpc) is 3.21. The molecule has 1 aromatic carbocycles. The van der Waals surface area contributed by atoms with E-state index in [4.69, 9.17) is 16.3 Å². The number of fused-ring (bicyclic) bond motifs is 1. The lowest BCUT2D eigenvalue weighted by Gasteiger charge is -2.43. The van der Waals surface area contributed by atoms with Crippen LogP contribution < -0.4 is 0 Å². The average molecular weight is 434 g/mol. The number of piperidine rings is 1. The van der Waals surface area contributed by atoms with Gasteiger partial charge in [-0.15, -0.1) is 0 Å². The Labute approximate surface area is 182 Å². The fraction of sp³-hybridized carbons (Fsp3) is 0.652. The molecule has 2 aromatic rings. The van der Waals surface area contributed by atoms with Gasteiger partial charge in [0.05, 0.1) is 17.8 Å². The predicted molar refractivity (Wildman–Crippen MR) is 117 cm³/mol. The molecular formula is C23H32ClN3O3. The largest absolute Gasteiger partial charge is 0.388 e. The van der Waals surface area contributed by atoms with Crippen molar-refractivity contribution in [1.29, 1.82) is 0 Å². The van der Waals surface area contributed by atoms with Gasteiger partial charge in [-0.05, 0) is 55.1 Å². The molecule has 1 aromatic heterocycles. The highest BCUT2D eigenvalue weighted by atomic mass is 35.5. The number of aliphatic hydroxyl groups is 1. The Kier molecular flexibility index (Phi) is 6.37. The van der Waals surface area contributed by atoms with Crippen LogP contribution in [0, 0.1) is 17.3 Å². The van der Waals surface area contributed by atoms with Crippen LogP contribution in [0.15, 0.2) is 18.3 Å². The molecule has 2 aliphatic heterocycles. The van der Waals surface area contributed by atoms with Crippen LogP contribution in [0.3, 0.4) is 0 Å². The van der Waals surface area contributed by atoms with E-state index >= 15 is 0 Å². The van der Waals surface area contributed by atoms with E-state index in [1.54, 1.807) is 6.20 Å². The minimum atomic E-state index is -0.673. The molecule has 164 valence electrons. The number of likely N-dealkylation sites (tertiary alicyclic amines) is 1. The van der Waals surface area contributed by atoms with Crippen LogP contribution >= 0.6 is 11.6 Å². The highest BCUT2D eigenvalue weighted by Gasteiger charge is 2.40. The lowest BCUT2D eigenvalue weighted by Crippen LogP contribution is -2.44. The highest BCUT2D eigenvalue weighted by molar-refractivity contribution is 6.31. The second-order valence-corrected chi connectivity index (χ2v) is 9.90. The standard InChI is InChI=1S/C23H32ClN3O3/c1-23(2,22(29)19-13-18(24)12-16-14-25-26-21(16)19)17-3-7-27(8-4-17)20(28)11-15-5-9-30-10-6-15/h12-15,17,22,29H,3-11H2,1-2H3,(H,25,26)/t22-/m1/s1. The summed E-state index contributed by atoms with van der Waals surface area (Å²) in [6.45, 7) is 7.31. The van der Waals surface area contributed by atoms with Crippen LogP contribution in [-0.4, -0.2) is 52.4 Å². The van der Waals surface area contributed by atoms with Crippen molar-refractivity contribution in [2.45, 2.75) is 52.1 Å². The lowest BCUT2D eigenvalue weighted by atomic mass is 9.68. The van der Waals surface area contributed by atoms with E-state index in [9.17, 15) is 9.90 Å². The fourth-order valence-electron chi connectivity index (χ4n) is 5.09. The van der Waals surface area contributed by atoms with E-state index < -0.39 is 6.10 Å². The third-order valence-electron chi connectivity index (χ3n) is 7.25. The molecule has 1 atom stereocenters. The first-order valence-corrected chi connectivity index (χ1v) is 11.4. The van der Waals surface area contributed by atoms with Crippen molar-refractivity contribution in [2.75, 3.05) is 26.3 Å². The Hall–Kier alpha value is -1.63. The molecule has 2 N–H and O–H groups in total. The molecule has 2 aliphatic rings. The number of aliphatic hydroxyl groups excluding tert-OH is 1. The molecule has 0 unspecified atom stereocenters. The fourth-order valence-corrected chi connectivity index (χ4v) is 5.32. The summed E-state index contributed by atoms with van der Waals surface area (Å²) in [5, 5.41) is 19.9. The second kappa shape index (κ2) is 8.85. The zero-order valence-electron chi connectivity index (χ0n) is 17.9. The quantitative estimate of drug-likeness (QED) is 0.735. The molecule has 30 heavy (non-hydrogen) atoms. The first-order chi connectivity index (χ1) is 14.4. The maximum Gasteiger partial charge on any atom is 0.222 e. The number of aromatic amines is 1. The van der Waals surface area contributed by atoms with E-state index in [2.05, 4.69) is 24.0 Å². The van der Waals surface area contributed by atoms with Gasteiger partial charge in [0, 0.05) is 48.7 Å². The number of carbonyl (C=O) groups is 1. The molecule has 0 aliphatic carbocycles. The van der Waals surface area contributed by atoms with Gasteiger partial charge < -0.3 is 14.7 Å². The van der Waals surface area contributed by atoms with Gasteiger partial charge in [-0.2, -0.15) is 5.10 Å². The Balaban J connectivity index is 1.40. The van der Waals surface area contributed by atoms with Gasteiger partial charge in [0.2, 0.25) is 5.91 Å². The summed E-state index contributed by atoms with van der Waals surface area (Å²) >= 11 is 6.29. The number of hydrogen-bond acceptors (Lipinski definition) is 4. The summed E-state index contributed by atoms with van der Waals surface area (Å²) in [5.74, 6) is 1.05. The van der Waals surface area contributed by atoms with Crippen LogP contribution in [0.4, 0.5) is 0 Å². The molecule has 1 amide bonds. The summed E-state index contributed by atoms with van der Waals surface area (Å²) in [6, 6.07) is 3.69. The number of nitrogens with one attached hydrogen (secondary N) is 1. The van der Waals surface area contributed by atoms with Gasteiger partial charge in [0.25, 0.3) is 0 Å². The van der Waals surface area contributed by atoms with E-state index in [-0.39, 0.29) is 11.3 Å². The minimum absolute atomic E-state index is 0.271. The molecule has 0 saturated carbocycles. The number of nitrogens with zero attached hydrogens (tertiary/aromatic N) is 2. The summed E-state index contributed by atoms with van der Waals surface area (Å²) in [5.41, 5.74) is 1.28. The van der Waals surface area contributed by atoms with E-state index in [0.29, 0.717) is 23.3 Å². The molecule has 0 spiro atoms. The van der Waals surface area contributed by atoms with Gasteiger partial charge >= 0.3 is 0 Å². The number of halogens is 1. The third kappa shape index (κ3) is 4.36. The maximum atomic E-state index is 12.7. The van der Waals surface area contributed by atoms with Crippen molar-refractivity contribution in [2.24, 2.45) is 17.3 Å². The Bertz CT molecular complexity index is 883. The normalized spacial score (nSPS) is 20.6. The van der Waals surface area contributed by atoms with Crippen LogP contribution in [-0.2, 0) is 9.53 Å². The Morgan fingerprint density at radius 2 is 2.00 bits per heavy atom. The van der Waals surface area contributed by atoms with Gasteiger partial charge in [0.15, 0.2) is 0 Å². The molecule has 7 heteroatoms. The molecule has 2 saturated heterocycles. The van der Waals surface area contributed by atoms with Crippen molar-refractivity contribution < 1.29 is 14.6 Å². The molecule has 6 nitrogen and oxygen atoms in total. The van der Waals surface area contributed by atoms with Gasteiger partial charge in [-0.25, -0.2) is 0 Å². The molecule has 4 rings (SSSR count). The van der Waals surface area contributed by atoms with Gasteiger partial charge in [-0.3, -0.25) is 9.89 Å². The Morgan fingerprint density at radius 3 is 2.70 bits per heavy atom. The highest BCUT2D eigenvalue weighted by Crippen LogP contribution is 2.46. The van der Waals surface area contributed by atoms with Gasteiger partial charge in [0.1, 0.15) is 0 Å². The number of aromatic nitrogens is 2. The van der Waals surface area contributed by atoms with Crippen LogP contribution in [0.25, 0.3) is 10.9 Å². The van der Waals surface area contributed by atoms with Crippen molar-refractivity contribution in [3.05, 3.63) is 28.9 Å². The molecule has 3 heterocycles. The molecule has 0 bridgehead atoms. The number of H-pyrrole nitrogens is 1. The number of benzene rings is 1. The van der Waals surface area contributed by atoms with Crippen LogP contribution in [0.2, 0.25) is 5.02 Å². The second-order valence-electron chi connectivity index (χ2n) is 9.47. The van der Waals surface area contributed by atoms with E-state index in [0.717, 1.165) is 68.5 Å². The molecule has 2 fully saturated rings. The first-order valence-electron chi connectivity index (χ1n) is 11.0. The number of rotatable bonds is 5. The lowest BCUT2D eigenvalue weighted by molar-refractivity contribution is -0.135. The summed E-state index contributed by atoms with van der Waals surface area (Å²) in [6.07, 6.45) is 5.47. The smallest absolute Gasteiger partial charge is 0.222 e. The SMILES string of the molecule is CC(C)(C1CCN(C(=O)CC2CCOCC2)CC1)[C@H](O)c1cc(Cl)cc2cn[nH]c12. The molecular weight excluding hydrogens is 402 g/mol. The number of ether oxygens (including phenoxy) is 1. The summed E-state index contributed by atoms with van der Waals surface area (Å²) < 4.78 is 5.40. The van der Waals surface area contributed by atoms with Crippen LogP contribution in [0.5, 0.6) is 0 Å². The van der Waals surface area contributed by atoms with Crippen molar-refractivity contribution in [3.63, 3.8) is 0 Å². The van der Waals surface area contributed by atoms with E-state index in [1.165, 1.54) is 0 Å².